The molecule has 0 aromatic carbocycles. The third kappa shape index (κ3) is 2.61. The predicted octanol–water partition coefficient (Wildman–Crippen LogP) is 6.20. The van der Waals surface area contributed by atoms with Crippen LogP contribution in [-0.2, 0) is 0 Å². The number of allylic oxidation sites excluding steroid dienone is 2. The highest BCUT2D eigenvalue weighted by Crippen LogP contribution is 2.66. The molecule has 0 aromatic heterocycles. The van der Waals surface area contributed by atoms with Crippen molar-refractivity contribution < 1.29 is 0 Å². The summed E-state index contributed by atoms with van der Waals surface area (Å²) in [7, 11) is 2.16. The Labute approximate surface area is 151 Å². The Morgan fingerprint density at radius 2 is 1.75 bits per heavy atom. The van der Waals surface area contributed by atoms with E-state index in [2.05, 4.69) is 39.2 Å². The second-order valence-corrected chi connectivity index (χ2v) is 9.50. The van der Waals surface area contributed by atoms with Crippen LogP contribution in [0.25, 0.3) is 0 Å². The van der Waals surface area contributed by atoms with Gasteiger partial charge in [0.05, 0.1) is 0 Å². The van der Waals surface area contributed by atoms with Crippen molar-refractivity contribution in [1.29, 1.82) is 0 Å². The maximum absolute atomic E-state index is 3.57. The van der Waals surface area contributed by atoms with E-state index in [9.17, 15) is 0 Å². The van der Waals surface area contributed by atoms with Crippen LogP contribution in [-0.4, -0.2) is 13.1 Å². The Kier molecular flexibility index (Phi) is 5.23. The molecule has 0 bridgehead atoms. The van der Waals surface area contributed by atoms with Gasteiger partial charge < -0.3 is 5.32 Å². The summed E-state index contributed by atoms with van der Waals surface area (Å²) in [4.78, 5) is 0. The third-order valence-electron chi connectivity index (χ3n) is 9.04. The van der Waals surface area contributed by atoms with Crippen LogP contribution < -0.4 is 5.32 Å². The SMILES string of the molecule is CC.CNC1CCC2(C)C(CCC3C4CC=C(C)C4(C)CCC32)C1. The van der Waals surface area contributed by atoms with Gasteiger partial charge in [-0.15, -0.1) is 0 Å². The van der Waals surface area contributed by atoms with E-state index in [0.717, 1.165) is 29.7 Å². The molecule has 3 saturated carbocycles. The normalized spacial score (nSPS) is 49.9. The van der Waals surface area contributed by atoms with Gasteiger partial charge in [-0.3, -0.25) is 0 Å². The standard InChI is InChI=1S/C21H35N.C2H6/c1-14-5-8-18-17-7-6-15-13-16(22-4)9-11-21(15,3)19(17)10-12-20(14,18)2;1-2/h5,15-19,22H,6-13H2,1-4H3;1-2H3. The number of rotatable bonds is 1. The molecule has 4 rings (SSSR count). The third-order valence-corrected chi connectivity index (χ3v) is 9.04. The molecular weight excluding hydrogens is 290 g/mol. The van der Waals surface area contributed by atoms with Crippen LogP contribution in [0.15, 0.2) is 11.6 Å². The molecule has 1 nitrogen and oxygen atoms in total. The number of hydrogen-bond acceptors (Lipinski definition) is 1. The summed E-state index contributed by atoms with van der Waals surface area (Å²) in [5.41, 5.74) is 2.91. The first-order valence-corrected chi connectivity index (χ1v) is 10.8. The van der Waals surface area contributed by atoms with Gasteiger partial charge in [-0.2, -0.15) is 0 Å². The molecule has 7 atom stereocenters. The van der Waals surface area contributed by atoms with E-state index in [1.54, 1.807) is 5.57 Å². The highest BCUT2D eigenvalue weighted by Gasteiger charge is 2.57. The van der Waals surface area contributed by atoms with Gasteiger partial charge in [-0.25, -0.2) is 0 Å². The number of hydrogen-bond donors (Lipinski definition) is 1. The smallest absolute Gasteiger partial charge is 0.00671 e. The lowest BCUT2D eigenvalue weighted by molar-refractivity contribution is -0.103. The van der Waals surface area contributed by atoms with E-state index >= 15 is 0 Å². The van der Waals surface area contributed by atoms with Crippen LogP contribution in [0.2, 0.25) is 0 Å². The molecule has 4 aliphatic carbocycles. The Bertz CT molecular complexity index is 480. The molecule has 1 heteroatoms. The highest BCUT2D eigenvalue weighted by atomic mass is 14.9. The Hall–Kier alpha value is -0.300. The van der Waals surface area contributed by atoms with Crippen molar-refractivity contribution in [2.75, 3.05) is 7.05 Å². The van der Waals surface area contributed by atoms with Crippen LogP contribution in [0.5, 0.6) is 0 Å². The van der Waals surface area contributed by atoms with E-state index in [1.807, 2.05) is 13.8 Å². The van der Waals surface area contributed by atoms with Crippen molar-refractivity contribution in [3.63, 3.8) is 0 Å². The van der Waals surface area contributed by atoms with Gasteiger partial charge in [-0.1, -0.05) is 39.3 Å². The zero-order valence-corrected chi connectivity index (χ0v) is 17.1. The van der Waals surface area contributed by atoms with Crippen LogP contribution in [0, 0.1) is 34.5 Å². The quantitative estimate of drug-likeness (QED) is 0.564. The van der Waals surface area contributed by atoms with Gasteiger partial charge in [0.1, 0.15) is 0 Å². The first kappa shape index (κ1) is 18.5. The minimum absolute atomic E-state index is 0.548. The minimum atomic E-state index is 0.548. The van der Waals surface area contributed by atoms with Gasteiger partial charge in [0.25, 0.3) is 0 Å². The second kappa shape index (κ2) is 6.78. The Balaban J connectivity index is 0.000000815. The molecule has 0 aromatic rings. The van der Waals surface area contributed by atoms with Crippen molar-refractivity contribution >= 4 is 0 Å². The zero-order valence-electron chi connectivity index (χ0n) is 17.1. The summed E-state index contributed by atoms with van der Waals surface area (Å²) in [6, 6.07) is 0.791. The van der Waals surface area contributed by atoms with E-state index in [0.29, 0.717) is 10.8 Å². The van der Waals surface area contributed by atoms with E-state index in [-0.39, 0.29) is 0 Å². The van der Waals surface area contributed by atoms with Gasteiger partial charge in [0, 0.05) is 6.04 Å². The molecule has 0 aliphatic heterocycles. The topological polar surface area (TPSA) is 12.0 Å². The molecule has 1 N–H and O–H groups in total. The van der Waals surface area contributed by atoms with E-state index in [4.69, 9.17) is 0 Å². The molecule has 0 amide bonds. The summed E-state index contributed by atoms with van der Waals surface area (Å²) in [5.74, 6) is 3.98. The maximum atomic E-state index is 3.57. The van der Waals surface area contributed by atoms with Gasteiger partial charge in [0.2, 0.25) is 0 Å². The molecule has 0 saturated heterocycles. The van der Waals surface area contributed by atoms with Crippen LogP contribution in [0.4, 0.5) is 0 Å². The van der Waals surface area contributed by atoms with Crippen molar-refractivity contribution in [3.8, 4) is 0 Å². The van der Waals surface area contributed by atoms with Crippen molar-refractivity contribution in [3.05, 3.63) is 11.6 Å². The molecule has 3 fully saturated rings. The lowest BCUT2D eigenvalue weighted by Gasteiger charge is -2.61. The zero-order chi connectivity index (χ0) is 17.5. The van der Waals surface area contributed by atoms with E-state index in [1.165, 1.54) is 51.4 Å². The van der Waals surface area contributed by atoms with Gasteiger partial charge in [0.15, 0.2) is 0 Å². The monoisotopic (exact) mass is 331 g/mol. The molecular formula is C23H41N. The Morgan fingerprint density at radius 3 is 2.46 bits per heavy atom. The largest absolute Gasteiger partial charge is 0.317 e. The molecule has 4 aliphatic rings. The first-order valence-electron chi connectivity index (χ1n) is 10.8. The molecule has 24 heavy (non-hydrogen) atoms. The van der Waals surface area contributed by atoms with Crippen LogP contribution in [0.3, 0.4) is 0 Å². The first-order chi connectivity index (χ1) is 11.5. The number of nitrogens with one attached hydrogen (secondary N) is 1. The fraction of sp³-hybridized carbons (Fsp3) is 0.913. The lowest BCUT2D eigenvalue weighted by Crippen LogP contribution is -2.54. The van der Waals surface area contributed by atoms with Crippen LogP contribution in [0.1, 0.15) is 86.0 Å². The summed E-state index contributed by atoms with van der Waals surface area (Å²) < 4.78 is 0. The fourth-order valence-electron chi connectivity index (χ4n) is 7.30. The van der Waals surface area contributed by atoms with E-state index < -0.39 is 0 Å². The van der Waals surface area contributed by atoms with Crippen LogP contribution >= 0.6 is 0 Å². The van der Waals surface area contributed by atoms with Gasteiger partial charge >= 0.3 is 0 Å². The molecule has 7 unspecified atom stereocenters. The van der Waals surface area contributed by atoms with Crippen molar-refractivity contribution in [2.24, 2.45) is 34.5 Å². The van der Waals surface area contributed by atoms with Gasteiger partial charge in [-0.05, 0) is 99.8 Å². The molecule has 0 radical (unpaired) electrons. The molecule has 138 valence electrons. The average Bonchev–Trinajstić information content (AvgIpc) is 2.91. The predicted molar refractivity (Wildman–Crippen MR) is 105 cm³/mol. The molecule has 0 spiro atoms. The summed E-state index contributed by atoms with van der Waals surface area (Å²) in [5, 5.41) is 3.57. The fourth-order valence-corrected chi connectivity index (χ4v) is 7.30. The average molecular weight is 332 g/mol. The lowest BCUT2D eigenvalue weighted by atomic mass is 9.44. The van der Waals surface area contributed by atoms with Crippen molar-refractivity contribution in [1.82, 2.24) is 5.32 Å². The summed E-state index contributed by atoms with van der Waals surface area (Å²) in [6.07, 6.45) is 14.3. The highest BCUT2D eigenvalue weighted by molar-refractivity contribution is 5.23. The molecule has 0 heterocycles. The summed E-state index contributed by atoms with van der Waals surface area (Å²) in [6.45, 7) is 11.7. The number of fused-ring (bicyclic) bond motifs is 5. The summed E-state index contributed by atoms with van der Waals surface area (Å²) >= 11 is 0. The van der Waals surface area contributed by atoms with Crippen molar-refractivity contribution in [2.45, 2.75) is 92.0 Å². The minimum Gasteiger partial charge on any atom is -0.317 e. The Morgan fingerprint density at radius 1 is 1.00 bits per heavy atom. The maximum Gasteiger partial charge on any atom is 0.00671 e. The second-order valence-electron chi connectivity index (χ2n) is 9.50.